The van der Waals surface area contributed by atoms with Gasteiger partial charge in [-0.3, -0.25) is 19.7 Å². The summed E-state index contributed by atoms with van der Waals surface area (Å²) in [7, 11) is 0. The quantitative estimate of drug-likeness (QED) is 0.306. The molecule has 1 heterocycles. The average molecular weight is 563 g/mol. The molecule has 0 aromatic heterocycles. The molecule has 8 nitrogen and oxygen atoms in total. The van der Waals surface area contributed by atoms with Crippen molar-refractivity contribution in [2.45, 2.75) is 0 Å². The number of amides is 5. The predicted octanol–water partition coefficient (Wildman–Crippen LogP) is 5.47. The first kappa shape index (κ1) is 26.2. The van der Waals surface area contributed by atoms with E-state index in [-0.39, 0.29) is 27.0 Å². The minimum absolute atomic E-state index is 0.0591. The van der Waals surface area contributed by atoms with Gasteiger partial charge in [0.05, 0.1) is 15.7 Å². The lowest BCUT2D eigenvalue weighted by Gasteiger charge is -2.26. The van der Waals surface area contributed by atoms with Crippen LogP contribution in [0.1, 0.15) is 5.56 Å². The topological polar surface area (TPSA) is 105 Å². The van der Waals surface area contributed by atoms with Crippen molar-refractivity contribution in [1.29, 1.82) is 0 Å². The number of carbonyl (C=O) groups is 4. The van der Waals surface area contributed by atoms with E-state index in [0.29, 0.717) is 15.6 Å². The van der Waals surface area contributed by atoms with E-state index in [1.807, 2.05) is 0 Å². The van der Waals surface area contributed by atoms with Crippen LogP contribution in [0.4, 0.5) is 20.6 Å². The van der Waals surface area contributed by atoms with Crippen molar-refractivity contribution in [3.05, 3.63) is 92.7 Å². The number of nitrogens with zero attached hydrogens (tertiary/aromatic N) is 1. The molecule has 5 amide bonds. The molecule has 0 saturated carbocycles. The second-order valence-electron chi connectivity index (χ2n) is 7.58. The highest BCUT2D eigenvalue weighted by atomic mass is 35.5. The van der Waals surface area contributed by atoms with Gasteiger partial charge < -0.3 is 10.1 Å². The number of barbiturate groups is 1. The van der Waals surface area contributed by atoms with Crippen LogP contribution in [0.25, 0.3) is 6.08 Å². The van der Waals surface area contributed by atoms with Gasteiger partial charge in [-0.15, -0.1) is 0 Å². The number of rotatable bonds is 6. The smallest absolute Gasteiger partial charge is 0.335 e. The highest BCUT2D eigenvalue weighted by Crippen LogP contribution is 2.29. The van der Waals surface area contributed by atoms with Crippen LogP contribution in [0, 0.1) is 5.82 Å². The van der Waals surface area contributed by atoms with E-state index in [2.05, 4.69) is 10.6 Å². The van der Waals surface area contributed by atoms with Crippen molar-refractivity contribution in [3.63, 3.8) is 0 Å². The lowest BCUT2D eigenvalue weighted by atomic mass is 10.1. The maximum atomic E-state index is 13.3. The van der Waals surface area contributed by atoms with Crippen molar-refractivity contribution in [3.8, 4) is 5.75 Å². The van der Waals surface area contributed by atoms with Gasteiger partial charge in [0.1, 0.15) is 17.1 Å². The normalized spacial score (nSPS) is 14.5. The summed E-state index contributed by atoms with van der Waals surface area (Å²) in [6.45, 7) is -0.432. The van der Waals surface area contributed by atoms with Crippen LogP contribution in [0.5, 0.6) is 5.75 Å². The number of imide groups is 2. The summed E-state index contributed by atoms with van der Waals surface area (Å²) in [5, 5.41) is 5.52. The van der Waals surface area contributed by atoms with Gasteiger partial charge in [-0.1, -0.05) is 34.8 Å². The molecule has 0 aliphatic carbocycles. The fourth-order valence-corrected chi connectivity index (χ4v) is 3.79. The Morgan fingerprint density at radius 1 is 0.973 bits per heavy atom. The van der Waals surface area contributed by atoms with E-state index >= 15 is 0 Å². The molecule has 1 aliphatic rings. The van der Waals surface area contributed by atoms with Crippen molar-refractivity contribution in [2.75, 3.05) is 16.8 Å². The zero-order chi connectivity index (χ0) is 26.7. The Kier molecular flexibility index (Phi) is 7.77. The number of ether oxygens (including phenoxy) is 1. The van der Waals surface area contributed by atoms with Gasteiger partial charge in [-0.25, -0.2) is 14.1 Å². The number of anilines is 2. The number of benzene rings is 3. The molecular weight excluding hydrogens is 548 g/mol. The summed E-state index contributed by atoms with van der Waals surface area (Å²) >= 11 is 17.9. The Balaban J connectivity index is 1.57. The molecule has 0 radical (unpaired) electrons. The van der Waals surface area contributed by atoms with E-state index in [9.17, 15) is 23.6 Å². The number of nitrogens with one attached hydrogen (secondary N) is 2. The fraction of sp³-hybridized carbons (Fsp3) is 0.0400. The summed E-state index contributed by atoms with van der Waals surface area (Å²) in [5.74, 6) is -2.84. The van der Waals surface area contributed by atoms with Crippen LogP contribution in [0.15, 0.2) is 66.2 Å². The zero-order valence-electron chi connectivity index (χ0n) is 18.6. The van der Waals surface area contributed by atoms with Crippen molar-refractivity contribution < 1.29 is 28.3 Å². The Morgan fingerprint density at radius 2 is 1.70 bits per heavy atom. The van der Waals surface area contributed by atoms with Gasteiger partial charge in [0.2, 0.25) is 0 Å². The van der Waals surface area contributed by atoms with Crippen molar-refractivity contribution in [2.24, 2.45) is 0 Å². The number of halogens is 4. The van der Waals surface area contributed by atoms with E-state index in [1.165, 1.54) is 48.5 Å². The molecule has 1 fully saturated rings. The van der Waals surface area contributed by atoms with Crippen LogP contribution in [0.3, 0.4) is 0 Å². The molecule has 4 rings (SSSR count). The van der Waals surface area contributed by atoms with Crippen LogP contribution in [-0.2, 0) is 14.4 Å². The Labute approximate surface area is 224 Å². The SMILES string of the molecule is O=C(COc1ccc(Cl)cc1/C=C1\C(=O)NC(=O)N(c2ccc(F)cc2)C1=O)Nc1ccc(Cl)c(Cl)c1. The van der Waals surface area contributed by atoms with Gasteiger partial charge in [0, 0.05) is 16.3 Å². The Bertz CT molecular complexity index is 1460. The molecule has 1 aliphatic heterocycles. The minimum atomic E-state index is -0.986. The molecule has 188 valence electrons. The molecule has 12 heteroatoms. The van der Waals surface area contributed by atoms with Gasteiger partial charge in [-0.2, -0.15) is 0 Å². The molecule has 0 unspecified atom stereocenters. The van der Waals surface area contributed by atoms with Crippen LogP contribution >= 0.6 is 34.8 Å². The first-order valence-electron chi connectivity index (χ1n) is 10.5. The van der Waals surface area contributed by atoms with Gasteiger partial charge in [-0.05, 0) is 66.7 Å². The third-order valence-corrected chi connectivity index (χ3v) is 5.99. The zero-order valence-corrected chi connectivity index (χ0v) is 20.8. The molecular formula is C25H15Cl3FN3O5. The van der Waals surface area contributed by atoms with Gasteiger partial charge >= 0.3 is 6.03 Å². The number of urea groups is 1. The summed E-state index contributed by atoms with van der Waals surface area (Å²) in [6, 6.07) is 12.5. The summed E-state index contributed by atoms with van der Waals surface area (Å²) in [4.78, 5) is 51.0. The molecule has 37 heavy (non-hydrogen) atoms. The summed E-state index contributed by atoms with van der Waals surface area (Å²) in [5.41, 5.74) is 0.248. The second-order valence-corrected chi connectivity index (χ2v) is 8.83. The van der Waals surface area contributed by atoms with E-state index in [1.54, 1.807) is 6.07 Å². The molecule has 2 N–H and O–H groups in total. The summed E-state index contributed by atoms with van der Waals surface area (Å²) < 4.78 is 18.9. The van der Waals surface area contributed by atoms with Crippen LogP contribution in [0.2, 0.25) is 15.1 Å². The minimum Gasteiger partial charge on any atom is -0.483 e. The number of hydrogen-bond acceptors (Lipinski definition) is 5. The van der Waals surface area contributed by atoms with E-state index in [0.717, 1.165) is 12.1 Å². The molecule has 0 spiro atoms. The average Bonchev–Trinajstić information content (AvgIpc) is 2.84. The van der Waals surface area contributed by atoms with Gasteiger partial charge in [0.25, 0.3) is 17.7 Å². The molecule has 0 atom stereocenters. The highest BCUT2D eigenvalue weighted by molar-refractivity contribution is 6.42. The maximum absolute atomic E-state index is 13.3. The first-order valence-corrected chi connectivity index (χ1v) is 11.6. The standard InChI is InChI=1S/C25H15Cl3FN3O5/c26-14-1-8-21(37-12-22(33)30-16-4-7-19(27)20(28)11-16)13(9-14)10-18-23(34)31-25(36)32(24(18)35)17-5-2-15(29)3-6-17/h1-11H,12H2,(H,30,33)(H,31,34,36)/b18-10+. The third-order valence-electron chi connectivity index (χ3n) is 5.02. The first-order chi connectivity index (χ1) is 17.6. The molecule has 3 aromatic rings. The van der Waals surface area contributed by atoms with E-state index < -0.39 is 41.7 Å². The van der Waals surface area contributed by atoms with Crippen LogP contribution < -0.4 is 20.3 Å². The Hall–Kier alpha value is -3.92. The Morgan fingerprint density at radius 3 is 2.41 bits per heavy atom. The summed E-state index contributed by atoms with van der Waals surface area (Å²) in [6.07, 6.45) is 1.18. The predicted molar refractivity (Wildman–Crippen MR) is 137 cm³/mol. The monoisotopic (exact) mass is 561 g/mol. The number of carbonyl (C=O) groups excluding carboxylic acids is 4. The van der Waals surface area contributed by atoms with Crippen molar-refractivity contribution >= 4 is 76.0 Å². The fourth-order valence-electron chi connectivity index (χ4n) is 3.32. The van der Waals surface area contributed by atoms with Crippen LogP contribution in [-0.4, -0.2) is 30.4 Å². The van der Waals surface area contributed by atoms with E-state index in [4.69, 9.17) is 39.5 Å². The highest BCUT2D eigenvalue weighted by Gasteiger charge is 2.37. The molecule has 1 saturated heterocycles. The number of hydrogen-bond donors (Lipinski definition) is 2. The second kappa shape index (κ2) is 11.0. The maximum Gasteiger partial charge on any atom is 0.335 e. The molecule has 3 aromatic carbocycles. The lowest BCUT2D eigenvalue weighted by Crippen LogP contribution is -2.54. The third kappa shape index (κ3) is 6.08. The van der Waals surface area contributed by atoms with Crippen molar-refractivity contribution in [1.82, 2.24) is 5.32 Å². The lowest BCUT2D eigenvalue weighted by molar-refractivity contribution is -0.122. The largest absolute Gasteiger partial charge is 0.483 e. The van der Waals surface area contributed by atoms with Gasteiger partial charge in [0.15, 0.2) is 6.61 Å². The molecule has 0 bridgehead atoms.